The standard InChI is InChI=1S/C7H5FINO2/c1-12-7(11)5-3-2-4(9)6(8)10-5/h2-3H,1H3. The molecule has 12 heavy (non-hydrogen) atoms. The average Bonchev–Trinajstić information content (AvgIpc) is 2.08. The van der Waals surface area contributed by atoms with E-state index < -0.39 is 11.9 Å². The van der Waals surface area contributed by atoms with Crippen LogP contribution in [0.15, 0.2) is 12.1 Å². The van der Waals surface area contributed by atoms with Crippen LogP contribution in [0.1, 0.15) is 10.5 Å². The highest BCUT2D eigenvalue weighted by atomic mass is 127. The van der Waals surface area contributed by atoms with Gasteiger partial charge in [0.1, 0.15) is 0 Å². The van der Waals surface area contributed by atoms with E-state index >= 15 is 0 Å². The molecule has 0 aromatic carbocycles. The molecule has 0 saturated heterocycles. The second-order valence-electron chi connectivity index (χ2n) is 1.96. The highest BCUT2D eigenvalue weighted by Gasteiger charge is 2.09. The van der Waals surface area contributed by atoms with Crippen LogP contribution >= 0.6 is 22.6 Å². The fourth-order valence-corrected chi connectivity index (χ4v) is 0.936. The minimum Gasteiger partial charge on any atom is -0.464 e. The van der Waals surface area contributed by atoms with Crippen LogP contribution in [-0.2, 0) is 4.74 Å². The Morgan fingerprint density at radius 2 is 2.33 bits per heavy atom. The average molecular weight is 281 g/mol. The number of carbonyl (C=O) groups is 1. The lowest BCUT2D eigenvalue weighted by Gasteiger charge is -1.98. The topological polar surface area (TPSA) is 39.2 Å². The first-order valence-corrected chi connectivity index (χ1v) is 4.13. The smallest absolute Gasteiger partial charge is 0.356 e. The first-order valence-electron chi connectivity index (χ1n) is 3.05. The molecule has 1 aromatic heterocycles. The van der Waals surface area contributed by atoms with Crippen LogP contribution in [0.2, 0.25) is 0 Å². The maximum Gasteiger partial charge on any atom is 0.356 e. The van der Waals surface area contributed by atoms with Gasteiger partial charge >= 0.3 is 5.97 Å². The molecule has 0 unspecified atom stereocenters. The summed E-state index contributed by atoms with van der Waals surface area (Å²) in [6, 6.07) is 2.88. The number of methoxy groups -OCH3 is 1. The summed E-state index contributed by atoms with van der Waals surface area (Å²) in [6.45, 7) is 0. The first kappa shape index (κ1) is 9.37. The molecule has 0 spiro atoms. The molecule has 1 rings (SSSR count). The van der Waals surface area contributed by atoms with Crippen molar-refractivity contribution in [2.75, 3.05) is 7.11 Å². The van der Waals surface area contributed by atoms with Crippen molar-refractivity contribution in [1.82, 2.24) is 4.98 Å². The summed E-state index contributed by atoms with van der Waals surface area (Å²) in [4.78, 5) is 14.2. The van der Waals surface area contributed by atoms with Gasteiger partial charge in [0, 0.05) is 0 Å². The Balaban J connectivity index is 3.05. The first-order chi connectivity index (χ1) is 5.65. The van der Waals surface area contributed by atoms with Crippen molar-refractivity contribution in [3.63, 3.8) is 0 Å². The van der Waals surface area contributed by atoms with Gasteiger partial charge in [0.25, 0.3) is 0 Å². The van der Waals surface area contributed by atoms with E-state index in [1.807, 2.05) is 0 Å². The molecule has 0 fully saturated rings. The van der Waals surface area contributed by atoms with Gasteiger partial charge in [-0.2, -0.15) is 4.39 Å². The molecule has 0 aliphatic carbocycles. The van der Waals surface area contributed by atoms with E-state index in [-0.39, 0.29) is 5.69 Å². The van der Waals surface area contributed by atoms with Gasteiger partial charge in [-0.1, -0.05) is 0 Å². The third-order valence-electron chi connectivity index (χ3n) is 1.20. The number of ether oxygens (including phenoxy) is 1. The van der Waals surface area contributed by atoms with Crippen molar-refractivity contribution < 1.29 is 13.9 Å². The van der Waals surface area contributed by atoms with Gasteiger partial charge < -0.3 is 4.74 Å². The molecular formula is C7H5FINO2. The van der Waals surface area contributed by atoms with Crippen LogP contribution in [-0.4, -0.2) is 18.1 Å². The molecule has 64 valence electrons. The van der Waals surface area contributed by atoms with Crippen molar-refractivity contribution in [1.29, 1.82) is 0 Å². The Hall–Kier alpha value is -0.720. The molecule has 0 aliphatic heterocycles. The lowest BCUT2D eigenvalue weighted by Crippen LogP contribution is -2.05. The fourth-order valence-electron chi connectivity index (χ4n) is 0.636. The number of rotatable bonds is 1. The van der Waals surface area contributed by atoms with Crippen LogP contribution in [0.3, 0.4) is 0 Å². The summed E-state index contributed by atoms with van der Waals surface area (Å²) in [5, 5.41) is 0. The lowest BCUT2D eigenvalue weighted by molar-refractivity contribution is 0.0592. The Morgan fingerprint density at radius 1 is 1.67 bits per heavy atom. The molecule has 1 aromatic rings. The minimum atomic E-state index is -0.654. The third kappa shape index (κ3) is 1.90. The summed E-state index contributed by atoms with van der Waals surface area (Å²) in [7, 11) is 1.22. The van der Waals surface area contributed by atoms with Crippen LogP contribution in [0, 0.1) is 9.52 Å². The van der Waals surface area contributed by atoms with Crippen molar-refractivity contribution in [3.05, 3.63) is 27.3 Å². The monoisotopic (exact) mass is 281 g/mol. The van der Waals surface area contributed by atoms with Crippen LogP contribution in [0.5, 0.6) is 0 Å². The van der Waals surface area contributed by atoms with Gasteiger partial charge in [0.15, 0.2) is 5.69 Å². The second-order valence-corrected chi connectivity index (χ2v) is 3.12. The molecule has 0 radical (unpaired) electrons. The van der Waals surface area contributed by atoms with E-state index in [0.717, 1.165) is 0 Å². The van der Waals surface area contributed by atoms with Crippen molar-refractivity contribution in [2.24, 2.45) is 0 Å². The second kappa shape index (κ2) is 3.79. The number of halogens is 2. The highest BCUT2D eigenvalue weighted by Crippen LogP contribution is 2.09. The summed E-state index contributed by atoms with van der Waals surface area (Å²) in [5.74, 6) is -1.29. The van der Waals surface area contributed by atoms with Gasteiger partial charge in [-0.15, -0.1) is 0 Å². The number of esters is 1. The molecule has 0 N–H and O–H groups in total. The minimum absolute atomic E-state index is 0.0181. The van der Waals surface area contributed by atoms with Crippen molar-refractivity contribution in [3.8, 4) is 0 Å². The SMILES string of the molecule is COC(=O)c1ccc(I)c(F)n1. The number of pyridine rings is 1. The Bertz CT molecular complexity index is 316. The lowest BCUT2D eigenvalue weighted by atomic mass is 10.3. The zero-order chi connectivity index (χ0) is 9.14. The molecule has 0 saturated carbocycles. The summed E-state index contributed by atoms with van der Waals surface area (Å²) in [5.41, 5.74) is -0.0181. The predicted molar refractivity (Wildman–Crippen MR) is 48.3 cm³/mol. The van der Waals surface area contributed by atoms with Crippen LogP contribution in [0.25, 0.3) is 0 Å². The molecule has 0 amide bonds. The number of nitrogens with zero attached hydrogens (tertiary/aromatic N) is 1. The molecule has 3 nitrogen and oxygen atoms in total. The van der Waals surface area contributed by atoms with Gasteiger partial charge in [0.05, 0.1) is 10.7 Å². The summed E-state index contributed by atoms with van der Waals surface area (Å²) < 4.78 is 17.5. The van der Waals surface area contributed by atoms with E-state index in [1.54, 1.807) is 22.6 Å². The molecule has 1 heterocycles. The van der Waals surface area contributed by atoms with Gasteiger partial charge in [-0.05, 0) is 34.7 Å². The Kier molecular flexibility index (Phi) is 2.96. The van der Waals surface area contributed by atoms with E-state index in [0.29, 0.717) is 3.57 Å². The molecule has 5 heteroatoms. The number of hydrogen-bond acceptors (Lipinski definition) is 3. The number of carbonyl (C=O) groups excluding carboxylic acids is 1. The van der Waals surface area contributed by atoms with Gasteiger partial charge in [-0.25, -0.2) is 9.78 Å². The van der Waals surface area contributed by atoms with Crippen molar-refractivity contribution in [2.45, 2.75) is 0 Å². The summed E-state index contributed by atoms with van der Waals surface area (Å²) in [6.07, 6.45) is 0. The highest BCUT2D eigenvalue weighted by molar-refractivity contribution is 14.1. The maximum atomic E-state index is 12.7. The van der Waals surface area contributed by atoms with E-state index in [2.05, 4.69) is 9.72 Å². The van der Waals surface area contributed by atoms with E-state index in [4.69, 9.17) is 0 Å². The maximum absolute atomic E-state index is 12.7. The van der Waals surface area contributed by atoms with E-state index in [1.165, 1.54) is 19.2 Å². The molecule has 0 atom stereocenters. The Morgan fingerprint density at radius 3 is 2.83 bits per heavy atom. The molecular weight excluding hydrogens is 276 g/mol. The summed E-state index contributed by atoms with van der Waals surface area (Å²) >= 11 is 1.79. The van der Waals surface area contributed by atoms with E-state index in [9.17, 15) is 9.18 Å². The van der Waals surface area contributed by atoms with Gasteiger partial charge in [-0.3, -0.25) is 0 Å². The number of hydrogen-bond donors (Lipinski definition) is 0. The Labute approximate surface area is 82.1 Å². The predicted octanol–water partition coefficient (Wildman–Crippen LogP) is 1.61. The van der Waals surface area contributed by atoms with Crippen LogP contribution < -0.4 is 0 Å². The zero-order valence-corrected chi connectivity index (χ0v) is 8.33. The number of aromatic nitrogens is 1. The third-order valence-corrected chi connectivity index (χ3v) is 2.00. The van der Waals surface area contributed by atoms with Crippen LogP contribution in [0.4, 0.5) is 4.39 Å². The molecule has 0 aliphatic rings. The quantitative estimate of drug-likeness (QED) is 0.446. The molecule has 0 bridgehead atoms. The normalized spacial score (nSPS) is 9.58. The largest absolute Gasteiger partial charge is 0.464 e. The zero-order valence-electron chi connectivity index (χ0n) is 6.17. The van der Waals surface area contributed by atoms with Gasteiger partial charge in [0.2, 0.25) is 5.95 Å². The fraction of sp³-hybridized carbons (Fsp3) is 0.143. The van der Waals surface area contributed by atoms with Crippen molar-refractivity contribution >= 4 is 28.6 Å².